The lowest BCUT2D eigenvalue weighted by atomic mass is 9.88. The quantitative estimate of drug-likeness (QED) is 0.502. The number of hydrogen-bond donors (Lipinski definition) is 2. The van der Waals surface area contributed by atoms with Crippen LogP contribution in [0.5, 0.6) is 0 Å². The molecule has 1 aliphatic heterocycles. The van der Waals surface area contributed by atoms with Gasteiger partial charge in [-0.05, 0) is 50.7 Å². The van der Waals surface area contributed by atoms with Gasteiger partial charge in [-0.25, -0.2) is 0 Å². The third-order valence-electron chi connectivity index (χ3n) is 6.07. The van der Waals surface area contributed by atoms with Crippen molar-refractivity contribution in [2.75, 3.05) is 38.5 Å². The lowest BCUT2D eigenvalue weighted by Crippen LogP contribution is -2.49. The molecule has 162 valence electrons. The van der Waals surface area contributed by atoms with Crippen LogP contribution in [0.1, 0.15) is 51.9 Å². The number of hydrogen-bond acceptors (Lipinski definition) is 3. The van der Waals surface area contributed by atoms with E-state index in [0.717, 1.165) is 23.3 Å². The third kappa shape index (κ3) is 7.74. The van der Waals surface area contributed by atoms with Crippen molar-refractivity contribution in [1.29, 1.82) is 0 Å². The highest BCUT2D eigenvalue weighted by Gasteiger charge is 2.23. The van der Waals surface area contributed by atoms with Crippen LogP contribution in [0.3, 0.4) is 0 Å². The largest absolute Gasteiger partial charge is 0.357 e. The number of piperidine rings is 1. The summed E-state index contributed by atoms with van der Waals surface area (Å²) >= 11 is 0. The van der Waals surface area contributed by atoms with Crippen molar-refractivity contribution < 1.29 is 4.21 Å². The smallest absolute Gasteiger partial charge is 0.191 e. The fourth-order valence-electron chi connectivity index (χ4n) is 4.44. The standard InChI is InChI=1S/C23H38N4OS/c1-2-24-23(25-15-18-29(28)22-11-7-4-8-12-22)26-21-13-16-27(17-14-21)19-20-9-5-3-6-10-20/h4,7-8,11-12,20-21H,2-3,5-6,9-10,13-19H2,1H3,(H2,24,25,26). The highest BCUT2D eigenvalue weighted by Crippen LogP contribution is 2.25. The average molecular weight is 419 g/mol. The second-order valence-corrected chi connectivity index (χ2v) is 9.92. The number of aliphatic imine (C=N–C) groups is 1. The average Bonchev–Trinajstić information content (AvgIpc) is 2.76. The van der Waals surface area contributed by atoms with Crippen LogP contribution in [0.25, 0.3) is 0 Å². The fourth-order valence-corrected chi connectivity index (χ4v) is 5.39. The lowest BCUT2D eigenvalue weighted by molar-refractivity contribution is 0.160. The monoisotopic (exact) mass is 418 g/mol. The van der Waals surface area contributed by atoms with E-state index >= 15 is 0 Å². The van der Waals surface area contributed by atoms with Crippen LogP contribution in [0.4, 0.5) is 0 Å². The van der Waals surface area contributed by atoms with Gasteiger partial charge in [-0.3, -0.25) is 9.20 Å². The van der Waals surface area contributed by atoms with Crippen LogP contribution in [0, 0.1) is 5.92 Å². The molecule has 0 bridgehead atoms. The van der Waals surface area contributed by atoms with E-state index in [0.29, 0.717) is 18.3 Å². The fraction of sp³-hybridized carbons (Fsp3) is 0.696. The van der Waals surface area contributed by atoms with Crippen LogP contribution < -0.4 is 10.6 Å². The number of nitrogens with one attached hydrogen (secondary N) is 2. The molecule has 1 saturated carbocycles. The maximum Gasteiger partial charge on any atom is 0.191 e. The van der Waals surface area contributed by atoms with Crippen molar-refractivity contribution >= 4 is 16.8 Å². The first-order valence-corrected chi connectivity index (χ1v) is 12.8. The molecule has 0 aromatic heterocycles. The molecule has 6 heteroatoms. The van der Waals surface area contributed by atoms with Crippen molar-refractivity contribution in [3.63, 3.8) is 0 Å². The molecular weight excluding hydrogens is 380 g/mol. The van der Waals surface area contributed by atoms with Gasteiger partial charge in [-0.15, -0.1) is 0 Å². The van der Waals surface area contributed by atoms with Crippen LogP contribution in [-0.2, 0) is 10.8 Å². The van der Waals surface area contributed by atoms with Crippen LogP contribution in [0.2, 0.25) is 0 Å². The van der Waals surface area contributed by atoms with Gasteiger partial charge in [0.25, 0.3) is 0 Å². The minimum atomic E-state index is -0.989. The molecule has 1 saturated heterocycles. The summed E-state index contributed by atoms with van der Waals surface area (Å²) in [6, 6.07) is 10.1. The van der Waals surface area contributed by atoms with E-state index < -0.39 is 10.8 Å². The number of nitrogens with zero attached hydrogens (tertiary/aromatic N) is 2. The molecule has 5 nitrogen and oxygen atoms in total. The zero-order valence-corrected chi connectivity index (χ0v) is 18.8. The van der Waals surface area contributed by atoms with E-state index in [1.54, 1.807) is 0 Å². The van der Waals surface area contributed by atoms with Crippen LogP contribution >= 0.6 is 0 Å². The van der Waals surface area contributed by atoms with Crippen molar-refractivity contribution in [2.45, 2.75) is 62.8 Å². The molecule has 1 atom stereocenters. The van der Waals surface area contributed by atoms with Gasteiger partial charge in [-0.2, -0.15) is 0 Å². The molecular formula is C23H38N4OS. The Kier molecular flexibility index (Phi) is 9.48. The van der Waals surface area contributed by atoms with E-state index in [-0.39, 0.29) is 0 Å². The molecule has 2 aliphatic rings. The van der Waals surface area contributed by atoms with Crippen molar-refractivity contribution in [3.05, 3.63) is 30.3 Å². The molecule has 0 amide bonds. The summed E-state index contributed by atoms with van der Waals surface area (Å²) in [6.07, 6.45) is 9.51. The Hall–Kier alpha value is -1.40. The minimum Gasteiger partial charge on any atom is -0.357 e. The number of likely N-dealkylation sites (tertiary alicyclic amines) is 1. The minimum absolute atomic E-state index is 0.482. The highest BCUT2D eigenvalue weighted by atomic mass is 32.2. The molecule has 1 aromatic rings. The Bertz CT molecular complexity index is 638. The second kappa shape index (κ2) is 12.3. The van der Waals surface area contributed by atoms with E-state index in [9.17, 15) is 4.21 Å². The lowest BCUT2D eigenvalue weighted by Gasteiger charge is -2.36. The van der Waals surface area contributed by atoms with Crippen LogP contribution in [0.15, 0.2) is 40.2 Å². The zero-order chi connectivity index (χ0) is 20.3. The number of rotatable bonds is 8. The predicted octanol–water partition coefficient (Wildman–Crippen LogP) is 3.39. The Balaban J connectivity index is 1.40. The van der Waals surface area contributed by atoms with E-state index in [1.165, 1.54) is 64.6 Å². The van der Waals surface area contributed by atoms with Gasteiger partial charge in [0.2, 0.25) is 0 Å². The zero-order valence-electron chi connectivity index (χ0n) is 17.9. The molecule has 2 N–H and O–H groups in total. The highest BCUT2D eigenvalue weighted by molar-refractivity contribution is 7.85. The van der Waals surface area contributed by atoms with Gasteiger partial charge < -0.3 is 15.5 Å². The Morgan fingerprint density at radius 2 is 1.83 bits per heavy atom. The molecule has 3 rings (SSSR count). The molecule has 1 aliphatic carbocycles. The van der Waals surface area contributed by atoms with Gasteiger partial charge in [0.1, 0.15) is 0 Å². The van der Waals surface area contributed by atoms with Gasteiger partial charge in [-0.1, -0.05) is 37.5 Å². The maximum atomic E-state index is 12.4. The van der Waals surface area contributed by atoms with Crippen LogP contribution in [-0.4, -0.2) is 59.6 Å². The normalized spacial score (nSPS) is 21.1. The second-order valence-electron chi connectivity index (χ2n) is 8.35. The van der Waals surface area contributed by atoms with Crippen molar-refractivity contribution in [3.8, 4) is 0 Å². The predicted molar refractivity (Wildman–Crippen MR) is 123 cm³/mol. The molecule has 1 heterocycles. The Labute approximate surface area is 179 Å². The van der Waals surface area contributed by atoms with Gasteiger partial charge in [0.05, 0.1) is 17.3 Å². The Morgan fingerprint density at radius 3 is 2.52 bits per heavy atom. The SMILES string of the molecule is CCNC(=NCCS(=O)c1ccccc1)NC1CCN(CC2CCCCC2)CC1. The van der Waals surface area contributed by atoms with Crippen molar-refractivity contribution in [1.82, 2.24) is 15.5 Å². The van der Waals surface area contributed by atoms with Crippen molar-refractivity contribution in [2.24, 2.45) is 10.9 Å². The summed E-state index contributed by atoms with van der Waals surface area (Å²) in [5, 5.41) is 6.95. The maximum absolute atomic E-state index is 12.4. The summed E-state index contributed by atoms with van der Waals surface area (Å²) in [5.74, 6) is 2.35. The molecule has 1 aromatic carbocycles. The molecule has 2 fully saturated rings. The first-order valence-electron chi connectivity index (χ1n) is 11.4. The number of benzene rings is 1. The summed E-state index contributed by atoms with van der Waals surface area (Å²) in [4.78, 5) is 8.22. The summed E-state index contributed by atoms with van der Waals surface area (Å²) in [6.45, 7) is 7.17. The number of guanidine groups is 1. The van der Waals surface area contributed by atoms with E-state index in [2.05, 4.69) is 27.4 Å². The van der Waals surface area contributed by atoms with E-state index in [1.807, 2.05) is 30.3 Å². The Morgan fingerprint density at radius 1 is 1.10 bits per heavy atom. The van der Waals surface area contributed by atoms with Gasteiger partial charge in [0, 0.05) is 42.9 Å². The molecule has 1 unspecified atom stereocenters. The van der Waals surface area contributed by atoms with Gasteiger partial charge in [0.15, 0.2) is 5.96 Å². The summed E-state index contributed by atoms with van der Waals surface area (Å²) in [7, 11) is -0.989. The van der Waals surface area contributed by atoms with E-state index in [4.69, 9.17) is 0 Å². The molecule has 0 radical (unpaired) electrons. The molecule has 29 heavy (non-hydrogen) atoms. The summed E-state index contributed by atoms with van der Waals surface area (Å²) in [5.41, 5.74) is 0. The molecule has 0 spiro atoms. The third-order valence-corrected chi connectivity index (χ3v) is 7.42. The first kappa shape index (κ1) is 22.3. The summed E-state index contributed by atoms with van der Waals surface area (Å²) < 4.78 is 12.4. The first-order chi connectivity index (χ1) is 14.2. The van der Waals surface area contributed by atoms with Gasteiger partial charge >= 0.3 is 0 Å². The topological polar surface area (TPSA) is 56.7 Å².